The van der Waals surface area contributed by atoms with E-state index in [4.69, 9.17) is 5.73 Å². The Morgan fingerprint density at radius 3 is 2.65 bits per heavy atom. The van der Waals surface area contributed by atoms with Gasteiger partial charge in [-0.15, -0.1) is 16.4 Å². The molecule has 0 bridgehead atoms. The van der Waals surface area contributed by atoms with Crippen molar-refractivity contribution in [2.75, 3.05) is 0 Å². The van der Waals surface area contributed by atoms with Gasteiger partial charge in [0.15, 0.2) is 0 Å². The Bertz CT molecular complexity index is 714. The first-order valence-corrected chi connectivity index (χ1v) is 7.18. The number of nitrogens with zero attached hydrogens (tertiary/aromatic N) is 4. The molecule has 3 aromatic rings. The summed E-state index contributed by atoms with van der Waals surface area (Å²) in [4.78, 5) is 7.23. The van der Waals surface area contributed by atoms with E-state index in [1.165, 1.54) is 0 Å². The maximum absolute atomic E-state index is 5.93. The van der Waals surface area contributed by atoms with Crippen LogP contribution in [0.15, 0.2) is 36.5 Å². The third-order valence-corrected chi connectivity index (χ3v) is 4.33. The maximum atomic E-state index is 5.93. The molecular weight excluding hydrogens is 270 g/mol. The van der Waals surface area contributed by atoms with Gasteiger partial charge in [0.05, 0.1) is 17.6 Å². The summed E-state index contributed by atoms with van der Waals surface area (Å²) in [5.41, 5.74) is 8.60. The van der Waals surface area contributed by atoms with Crippen molar-refractivity contribution in [3.63, 3.8) is 0 Å². The van der Waals surface area contributed by atoms with Gasteiger partial charge in [-0.3, -0.25) is 0 Å². The van der Waals surface area contributed by atoms with Crippen LogP contribution < -0.4 is 5.73 Å². The van der Waals surface area contributed by atoms with Crippen molar-refractivity contribution in [2.45, 2.75) is 19.9 Å². The minimum atomic E-state index is -0.00887. The van der Waals surface area contributed by atoms with Crippen LogP contribution in [0.5, 0.6) is 0 Å². The van der Waals surface area contributed by atoms with E-state index in [0.29, 0.717) is 0 Å². The highest BCUT2D eigenvalue weighted by atomic mass is 32.1. The predicted molar refractivity (Wildman–Crippen MR) is 79.8 cm³/mol. The Kier molecular flexibility index (Phi) is 3.33. The van der Waals surface area contributed by atoms with E-state index < -0.39 is 0 Å². The second-order valence-corrected chi connectivity index (χ2v) is 5.64. The molecule has 1 aromatic carbocycles. The molecule has 3 rings (SSSR count). The molecule has 0 saturated heterocycles. The molecule has 1 atom stereocenters. The van der Waals surface area contributed by atoms with Gasteiger partial charge in [-0.05, 0) is 26.0 Å². The highest BCUT2D eigenvalue weighted by molar-refractivity contribution is 7.15. The van der Waals surface area contributed by atoms with Crippen molar-refractivity contribution in [3.8, 4) is 16.4 Å². The molecule has 2 aromatic heterocycles. The molecule has 2 heterocycles. The summed E-state index contributed by atoms with van der Waals surface area (Å²) in [5.74, 6) is 0. The lowest BCUT2D eigenvalue weighted by atomic mass is 10.2. The summed E-state index contributed by atoms with van der Waals surface area (Å²) >= 11 is 1.58. The first-order chi connectivity index (χ1) is 9.65. The molecular formula is C14H15N5S. The first kappa shape index (κ1) is 13.0. The molecule has 102 valence electrons. The summed E-state index contributed by atoms with van der Waals surface area (Å²) in [6.45, 7) is 3.94. The molecule has 2 N–H and O–H groups in total. The van der Waals surface area contributed by atoms with Gasteiger partial charge in [0.25, 0.3) is 0 Å². The Labute approximate surface area is 121 Å². The van der Waals surface area contributed by atoms with Crippen molar-refractivity contribution in [1.29, 1.82) is 0 Å². The van der Waals surface area contributed by atoms with Crippen LogP contribution in [-0.2, 0) is 0 Å². The highest BCUT2D eigenvalue weighted by Gasteiger charge is 2.15. The van der Waals surface area contributed by atoms with Crippen LogP contribution >= 0.6 is 11.3 Å². The number of hydrogen-bond donors (Lipinski definition) is 1. The Hall–Kier alpha value is -2.05. The van der Waals surface area contributed by atoms with Crippen LogP contribution in [0.25, 0.3) is 16.4 Å². The molecule has 0 saturated carbocycles. The lowest BCUT2D eigenvalue weighted by Crippen LogP contribution is -2.03. The van der Waals surface area contributed by atoms with Crippen molar-refractivity contribution in [3.05, 3.63) is 47.1 Å². The average Bonchev–Trinajstić information content (AvgIpc) is 3.06. The van der Waals surface area contributed by atoms with Gasteiger partial charge < -0.3 is 5.73 Å². The summed E-state index contributed by atoms with van der Waals surface area (Å²) in [6.07, 6.45) is 1.73. The highest BCUT2D eigenvalue weighted by Crippen LogP contribution is 2.29. The van der Waals surface area contributed by atoms with E-state index in [2.05, 4.69) is 15.2 Å². The van der Waals surface area contributed by atoms with E-state index in [1.807, 2.05) is 44.2 Å². The van der Waals surface area contributed by atoms with Crippen LogP contribution in [0, 0.1) is 6.92 Å². The van der Waals surface area contributed by atoms with Crippen molar-refractivity contribution in [1.82, 2.24) is 20.0 Å². The maximum Gasteiger partial charge on any atom is 0.146 e. The fourth-order valence-electron chi connectivity index (χ4n) is 1.99. The fourth-order valence-corrected chi connectivity index (χ4v) is 2.96. The SMILES string of the molecule is Cc1nc(-c2cnn(-c3ccccc3)n2)sc1C(C)N. The van der Waals surface area contributed by atoms with E-state index in [0.717, 1.165) is 27.0 Å². The number of para-hydroxylation sites is 1. The lowest BCUT2D eigenvalue weighted by molar-refractivity contribution is 0.753. The second kappa shape index (κ2) is 5.15. The fraction of sp³-hybridized carbons (Fsp3) is 0.214. The zero-order chi connectivity index (χ0) is 14.1. The monoisotopic (exact) mass is 285 g/mol. The summed E-state index contributed by atoms with van der Waals surface area (Å²) in [7, 11) is 0. The smallest absolute Gasteiger partial charge is 0.146 e. The van der Waals surface area contributed by atoms with E-state index in [1.54, 1.807) is 22.3 Å². The number of rotatable bonds is 3. The van der Waals surface area contributed by atoms with E-state index in [-0.39, 0.29) is 6.04 Å². The van der Waals surface area contributed by atoms with Gasteiger partial charge >= 0.3 is 0 Å². The normalized spacial score (nSPS) is 12.6. The Morgan fingerprint density at radius 2 is 2.00 bits per heavy atom. The number of benzene rings is 1. The van der Waals surface area contributed by atoms with Crippen LogP contribution in [0.2, 0.25) is 0 Å². The number of aryl methyl sites for hydroxylation is 1. The molecule has 0 aliphatic heterocycles. The minimum absolute atomic E-state index is 0.00887. The quantitative estimate of drug-likeness (QED) is 0.803. The van der Waals surface area contributed by atoms with Gasteiger partial charge in [0.1, 0.15) is 10.7 Å². The molecule has 0 fully saturated rings. The standard InChI is InChI=1S/C14H15N5S/c1-9(15)13-10(2)17-14(20-13)12-8-16-19(18-12)11-6-4-3-5-7-11/h3-9H,15H2,1-2H3. The van der Waals surface area contributed by atoms with Crippen LogP contribution in [0.3, 0.4) is 0 Å². The Morgan fingerprint density at radius 1 is 1.25 bits per heavy atom. The first-order valence-electron chi connectivity index (χ1n) is 6.36. The van der Waals surface area contributed by atoms with Crippen molar-refractivity contribution in [2.24, 2.45) is 5.73 Å². The summed E-state index contributed by atoms with van der Waals surface area (Å²) in [5, 5.41) is 9.62. The van der Waals surface area contributed by atoms with Crippen LogP contribution in [0.4, 0.5) is 0 Å². The molecule has 0 aliphatic rings. The molecule has 6 heteroatoms. The zero-order valence-corrected chi connectivity index (χ0v) is 12.1. The van der Waals surface area contributed by atoms with Crippen LogP contribution in [-0.4, -0.2) is 20.0 Å². The summed E-state index contributed by atoms with van der Waals surface area (Å²) < 4.78 is 0. The van der Waals surface area contributed by atoms with Gasteiger partial charge in [0, 0.05) is 10.9 Å². The van der Waals surface area contributed by atoms with Gasteiger partial charge in [-0.25, -0.2) is 4.98 Å². The van der Waals surface area contributed by atoms with Crippen LogP contribution in [0.1, 0.15) is 23.5 Å². The molecule has 5 nitrogen and oxygen atoms in total. The topological polar surface area (TPSA) is 69.6 Å². The summed E-state index contributed by atoms with van der Waals surface area (Å²) in [6, 6.07) is 9.80. The molecule has 1 unspecified atom stereocenters. The lowest BCUT2D eigenvalue weighted by Gasteiger charge is -1.99. The Balaban J connectivity index is 1.96. The molecule has 0 aliphatic carbocycles. The number of nitrogens with two attached hydrogens (primary N) is 1. The molecule has 0 radical (unpaired) electrons. The van der Waals surface area contributed by atoms with Crippen molar-refractivity contribution >= 4 is 11.3 Å². The zero-order valence-electron chi connectivity index (χ0n) is 11.3. The third-order valence-electron chi connectivity index (χ3n) is 2.94. The number of hydrogen-bond acceptors (Lipinski definition) is 5. The molecule has 20 heavy (non-hydrogen) atoms. The molecule has 0 spiro atoms. The second-order valence-electron chi connectivity index (χ2n) is 4.61. The predicted octanol–water partition coefficient (Wildman–Crippen LogP) is 2.72. The van der Waals surface area contributed by atoms with Gasteiger partial charge in [-0.2, -0.15) is 9.90 Å². The van der Waals surface area contributed by atoms with Crippen molar-refractivity contribution < 1.29 is 0 Å². The largest absolute Gasteiger partial charge is 0.323 e. The molecule has 0 amide bonds. The average molecular weight is 285 g/mol. The third kappa shape index (κ3) is 2.35. The van der Waals surface area contributed by atoms with E-state index in [9.17, 15) is 0 Å². The minimum Gasteiger partial charge on any atom is -0.323 e. The van der Waals surface area contributed by atoms with E-state index >= 15 is 0 Å². The van der Waals surface area contributed by atoms with Gasteiger partial charge in [-0.1, -0.05) is 18.2 Å². The number of aromatic nitrogens is 4. The van der Waals surface area contributed by atoms with Gasteiger partial charge in [0.2, 0.25) is 0 Å². The number of thiazole rings is 1.